The van der Waals surface area contributed by atoms with Gasteiger partial charge in [0.15, 0.2) is 0 Å². The third-order valence-electron chi connectivity index (χ3n) is 8.70. The average Bonchev–Trinajstić information content (AvgIpc) is 3.51. The monoisotopic (exact) mass is 703 g/mol. The van der Waals surface area contributed by atoms with Gasteiger partial charge >= 0.3 is 0 Å². The maximum Gasteiger partial charge on any atom is 0.245 e. The molecule has 51 heavy (non-hydrogen) atoms. The van der Waals surface area contributed by atoms with Crippen LogP contribution < -0.4 is 31.3 Å². The lowest BCUT2D eigenvalue weighted by Gasteiger charge is -2.29. The van der Waals surface area contributed by atoms with Crippen molar-refractivity contribution in [2.24, 2.45) is 5.92 Å². The molecule has 0 saturated carbocycles. The van der Waals surface area contributed by atoms with E-state index in [0.717, 1.165) is 17.0 Å². The maximum atomic E-state index is 13.6. The third-order valence-corrected chi connectivity index (χ3v) is 8.70. The number of rotatable bonds is 8. The Balaban J connectivity index is 1.61. The topological polar surface area (TPSA) is 193 Å². The molecule has 0 radical (unpaired) electrons. The molecule has 6 atom stereocenters. The van der Waals surface area contributed by atoms with Gasteiger partial charge in [0.05, 0.1) is 12.1 Å². The van der Waals surface area contributed by atoms with Gasteiger partial charge in [-0.25, -0.2) is 4.98 Å². The predicted octanol–water partition coefficient (Wildman–Crippen LogP) is 0.940. The number of aliphatic hydroxyl groups is 1. The van der Waals surface area contributed by atoms with Gasteiger partial charge in [-0.3, -0.25) is 24.0 Å². The van der Waals surface area contributed by atoms with Crippen LogP contribution in [0.1, 0.15) is 51.1 Å². The fraction of sp³-hybridized carbons (Fsp3) is 0.459. The van der Waals surface area contributed by atoms with Crippen LogP contribution in [-0.4, -0.2) is 87.1 Å². The number of nitrogens with one attached hydrogen (secondary N) is 5. The fourth-order valence-corrected chi connectivity index (χ4v) is 5.67. The lowest BCUT2D eigenvalue weighted by atomic mass is 10.0. The number of hydrogen-bond acceptors (Lipinski definition) is 8. The molecule has 1 aromatic heterocycles. The van der Waals surface area contributed by atoms with Crippen molar-refractivity contribution in [3.05, 3.63) is 83.9 Å². The zero-order valence-corrected chi connectivity index (χ0v) is 29.7. The molecule has 3 aromatic rings. The molecule has 0 fully saturated rings. The Bertz CT molecular complexity index is 1640. The number of aryl methyl sites for hydroxylation is 2. The number of ether oxygens (including phenoxy) is 1. The standard InChI is InChI=1S/C37H49N7O7/c1-22(2)32-36(49)40-28(19-26-9-7-6-8-10-26)21-51-29-13-11-27(12-14-29)20-30(41-31(46)15-17-44-18-16-38-25(44)5)35(48)39-23(3)34(47)43-33(24(4)45)37(50)42-32/h6-14,16,18,22-24,28,30,32-33,45H,15,17,19-21H2,1-5H3,(H,39,48)(H,40,49)(H,41,46)(H,42,50)(H,43,47)/t23-,24-,28+,30+,32-,33+/m1/s1. The molecule has 5 amide bonds. The van der Waals surface area contributed by atoms with Crippen molar-refractivity contribution in [1.82, 2.24) is 36.1 Å². The van der Waals surface area contributed by atoms with Gasteiger partial charge in [0.25, 0.3) is 0 Å². The smallest absolute Gasteiger partial charge is 0.245 e. The fourth-order valence-electron chi connectivity index (χ4n) is 5.67. The predicted molar refractivity (Wildman–Crippen MR) is 189 cm³/mol. The van der Waals surface area contributed by atoms with E-state index in [2.05, 4.69) is 31.6 Å². The first-order valence-electron chi connectivity index (χ1n) is 17.2. The van der Waals surface area contributed by atoms with Crippen molar-refractivity contribution < 1.29 is 33.8 Å². The molecular formula is C37H49N7O7. The molecule has 2 aliphatic rings. The Kier molecular flexibility index (Phi) is 13.7. The Labute approximate surface area is 298 Å². The van der Waals surface area contributed by atoms with Crippen molar-refractivity contribution in [1.29, 1.82) is 0 Å². The normalized spacial score (nSPS) is 22.9. The van der Waals surface area contributed by atoms with Crippen LogP contribution in [0.25, 0.3) is 0 Å². The van der Waals surface area contributed by atoms with Crippen LogP contribution in [0.5, 0.6) is 5.75 Å². The van der Waals surface area contributed by atoms with Crippen molar-refractivity contribution in [2.75, 3.05) is 6.61 Å². The third kappa shape index (κ3) is 11.4. The molecule has 14 heteroatoms. The summed E-state index contributed by atoms with van der Waals surface area (Å²) >= 11 is 0. The highest BCUT2D eigenvalue weighted by atomic mass is 16.5. The highest BCUT2D eigenvalue weighted by Crippen LogP contribution is 2.16. The molecule has 0 spiro atoms. The van der Waals surface area contributed by atoms with Crippen LogP contribution in [0.15, 0.2) is 67.0 Å². The molecule has 2 aliphatic heterocycles. The molecule has 2 bridgehead atoms. The van der Waals surface area contributed by atoms with Crippen LogP contribution in [0.4, 0.5) is 0 Å². The molecule has 5 rings (SSSR count). The first-order chi connectivity index (χ1) is 24.3. The van der Waals surface area contributed by atoms with Gasteiger partial charge in [0.1, 0.15) is 42.3 Å². The number of aliphatic hydroxyl groups excluding tert-OH is 1. The summed E-state index contributed by atoms with van der Waals surface area (Å²) in [7, 11) is 0. The van der Waals surface area contributed by atoms with Crippen molar-refractivity contribution in [3.8, 4) is 5.75 Å². The van der Waals surface area contributed by atoms with Crippen LogP contribution in [0.2, 0.25) is 0 Å². The van der Waals surface area contributed by atoms with Crippen LogP contribution in [-0.2, 0) is 43.4 Å². The summed E-state index contributed by atoms with van der Waals surface area (Å²) < 4.78 is 7.94. The first kappa shape index (κ1) is 38.6. The van der Waals surface area contributed by atoms with E-state index < -0.39 is 59.9 Å². The number of fused-ring (bicyclic) bond motifs is 17. The van der Waals surface area contributed by atoms with Crippen molar-refractivity contribution in [2.45, 2.75) is 96.7 Å². The minimum absolute atomic E-state index is 0.0903. The number of benzene rings is 2. The molecule has 274 valence electrons. The molecule has 6 N–H and O–H groups in total. The van der Waals surface area contributed by atoms with Gasteiger partial charge in [-0.15, -0.1) is 0 Å². The summed E-state index contributed by atoms with van der Waals surface area (Å²) in [5.41, 5.74) is 1.69. The maximum absolute atomic E-state index is 13.6. The lowest BCUT2D eigenvalue weighted by Crippen LogP contribution is -2.61. The van der Waals surface area contributed by atoms with E-state index in [0.29, 0.717) is 18.7 Å². The quantitative estimate of drug-likeness (QED) is 0.187. The van der Waals surface area contributed by atoms with Gasteiger partial charge in [0.2, 0.25) is 29.5 Å². The van der Waals surface area contributed by atoms with Gasteiger partial charge in [0, 0.05) is 31.8 Å². The van der Waals surface area contributed by atoms with Crippen LogP contribution >= 0.6 is 0 Å². The Morgan fingerprint density at radius 2 is 1.59 bits per heavy atom. The summed E-state index contributed by atoms with van der Waals surface area (Å²) in [4.78, 5) is 71.2. The van der Waals surface area contributed by atoms with Gasteiger partial charge in [-0.05, 0) is 56.4 Å². The van der Waals surface area contributed by atoms with E-state index in [-0.39, 0.29) is 31.3 Å². The molecule has 14 nitrogen and oxygen atoms in total. The average molecular weight is 704 g/mol. The molecule has 0 unspecified atom stereocenters. The summed E-state index contributed by atoms with van der Waals surface area (Å²) in [6.45, 7) is 8.62. The molecule has 2 aromatic carbocycles. The lowest BCUT2D eigenvalue weighted by molar-refractivity contribution is -0.136. The van der Waals surface area contributed by atoms with E-state index in [1.807, 2.05) is 41.8 Å². The molecule has 3 heterocycles. The minimum atomic E-state index is -1.43. The number of amides is 5. The van der Waals surface area contributed by atoms with E-state index in [4.69, 9.17) is 4.74 Å². The molecule has 0 saturated heterocycles. The number of imidazole rings is 1. The Morgan fingerprint density at radius 1 is 0.922 bits per heavy atom. The highest BCUT2D eigenvalue weighted by Gasteiger charge is 2.34. The zero-order chi connectivity index (χ0) is 37.1. The minimum Gasteiger partial charge on any atom is -0.491 e. The Hall–Kier alpha value is -5.24. The second kappa shape index (κ2) is 18.1. The SMILES string of the molecule is Cc1nccn1CCC(=O)N[C@H]1Cc2ccc(cc2)OC[C@H](Cc2ccccc2)NC(=O)[C@@H](C(C)C)NC(=O)[C@H]([C@@H](C)O)NC(=O)[C@@H](C)NC1=O. The van der Waals surface area contributed by atoms with E-state index in [9.17, 15) is 29.1 Å². The largest absolute Gasteiger partial charge is 0.491 e. The zero-order valence-electron chi connectivity index (χ0n) is 29.7. The second-order valence-electron chi connectivity index (χ2n) is 13.3. The van der Waals surface area contributed by atoms with Gasteiger partial charge in [-0.2, -0.15) is 0 Å². The van der Waals surface area contributed by atoms with E-state index in [1.165, 1.54) is 13.8 Å². The molecule has 0 aliphatic carbocycles. The highest BCUT2D eigenvalue weighted by molar-refractivity contribution is 5.95. The Morgan fingerprint density at radius 3 is 2.22 bits per heavy atom. The summed E-state index contributed by atoms with van der Waals surface area (Å²) in [5, 5.41) is 24.1. The first-order valence-corrected chi connectivity index (χ1v) is 17.2. The number of hydrogen-bond donors (Lipinski definition) is 6. The van der Waals surface area contributed by atoms with E-state index in [1.54, 1.807) is 50.5 Å². The second-order valence-corrected chi connectivity index (χ2v) is 13.3. The number of aromatic nitrogens is 2. The summed E-state index contributed by atoms with van der Waals surface area (Å²) in [5.74, 6) is -2.01. The van der Waals surface area contributed by atoms with Crippen LogP contribution in [0.3, 0.4) is 0 Å². The summed E-state index contributed by atoms with van der Waals surface area (Å²) in [6, 6.07) is 11.6. The van der Waals surface area contributed by atoms with Gasteiger partial charge in [-0.1, -0.05) is 56.3 Å². The number of nitrogens with zero attached hydrogens (tertiary/aromatic N) is 2. The van der Waals surface area contributed by atoms with Crippen molar-refractivity contribution >= 4 is 29.5 Å². The van der Waals surface area contributed by atoms with Crippen molar-refractivity contribution in [3.63, 3.8) is 0 Å². The van der Waals surface area contributed by atoms with E-state index >= 15 is 0 Å². The number of carbonyl (C=O) groups is 5. The van der Waals surface area contributed by atoms with Crippen LogP contribution in [0, 0.1) is 12.8 Å². The van der Waals surface area contributed by atoms with Gasteiger partial charge < -0.3 is 41.0 Å². The number of carbonyl (C=O) groups excluding carboxylic acids is 5. The summed E-state index contributed by atoms with van der Waals surface area (Å²) in [6.07, 6.45) is 2.72. The molecular weight excluding hydrogens is 654 g/mol.